The van der Waals surface area contributed by atoms with E-state index in [1.807, 2.05) is 18.2 Å². The summed E-state index contributed by atoms with van der Waals surface area (Å²) >= 11 is 0. The van der Waals surface area contributed by atoms with Crippen LogP contribution in [0, 0.1) is 0 Å². The van der Waals surface area contributed by atoms with Crippen LogP contribution in [-0.4, -0.2) is 68.6 Å². The van der Waals surface area contributed by atoms with Crippen molar-refractivity contribution in [3.8, 4) is 22.8 Å². The van der Waals surface area contributed by atoms with E-state index in [1.165, 1.54) is 31.2 Å². The van der Waals surface area contributed by atoms with Crippen molar-refractivity contribution in [2.45, 2.75) is 36.1 Å². The second kappa shape index (κ2) is 9.83. The van der Waals surface area contributed by atoms with Crippen molar-refractivity contribution < 1.29 is 32.2 Å². The van der Waals surface area contributed by atoms with Crippen molar-refractivity contribution in [1.29, 1.82) is 0 Å². The number of anilines is 2. The second-order valence-corrected chi connectivity index (χ2v) is 10.8. The fraction of sp³-hybridized carbons (Fsp3) is 0.320. The Kier molecular flexibility index (Phi) is 6.35. The minimum Gasteiger partial charge on any atom is -0.454 e. The van der Waals surface area contributed by atoms with E-state index in [1.54, 1.807) is 12.3 Å². The first kappa shape index (κ1) is 24.6. The second-order valence-electron chi connectivity index (χ2n) is 9.11. The van der Waals surface area contributed by atoms with Gasteiger partial charge in [0.1, 0.15) is 12.2 Å². The summed E-state index contributed by atoms with van der Waals surface area (Å²) in [6, 6.07) is 12.5. The number of sulfonamides is 1. The topological polar surface area (TPSA) is 150 Å². The summed E-state index contributed by atoms with van der Waals surface area (Å²) in [5.74, 6) is 1.53. The number of fused-ring (bicyclic) bond motifs is 2. The molecule has 38 heavy (non-hydrogen) atoms. The molecular weight excluding hydrogens is 514 g/mol. The van der Waals surface area contributed by atoms with Crippen molar-refractivity contribution in [2.75, 3.05) is 30.6 Å². The lowest BCUT2D eigenvalue weighted by atomic mass is 10.1. The van der Waals surface area contributed by atoms with E-state index in [2.05, 4.69) is 25.3 Å². The minimum absolute atomic E-state index is 0.0801. The quantitative estimate of drug-likeness (QED) is 0.405. The number of aromatic nitrogens is 2. The van der Waals surface area contributed by atoms with Gasteiger partial charge < -0.3 is 29.6 Å². The Morgan fingerprint density at radius 3 is 2.47 bits per heavy atom. The number of carbonyl (C=O) groups excluding carboxylic acids is 1. The predicted molar refractivity (Wildman–Crippen MR) is 135 cm³/mol. The molecule has 0 bridgehead atoms. The van der Waals surface area contributed by atoms with Crippen LogP contribution in [0.25, 0.3) is 11.3 Å². The van der Waals surface area contributed by atoms with E-state index < -0.39 is 22.2 Å². The summed E-state index contributed by atoms with van der Waals surface area (Å²) in [5.41, 5.74) is 2.08. The molecule has 0 radical (unpaired) electrons. The zero-order valence-electron chi connectivity index (χ0n) is 20.3. The van der Waals surface area contributed by atoms with Crippen molar-refractivity contribution in [3.05, 3.63) is 54.7 Å². The first-order chi connectivity index (χ1) is 18.4. The number of benzene rings is 2. The molecule has 0 spiro atoms. The lowest BCUT2D eigenvalue weighted by Gasteiger charge is -2.18. The van der Waals surface area contributed by atoms with Crippen LogP contribution in [0.4, 0.5) is 11.6 Å². The number of rotatable bonds is 7. The van der Waals surface area contributed by atoms with Gasteiger partial charge in [0.25, 0.3) is 0 Å². The van der Waals surface area contributed by atoms with E-state index in [9.17, 15) is 13.2 Å². The lowest BCUT2D eigenvalue weighted by Crippen LogP contribution is -2.44. The third kappa shape index (κ3) is 4.88. The maximum Gasteiger partial charge on any atom is 0.240 e. The van der Waals surface area contributed by atoms with Crippen LogP contribution >= 0.6 is 0 Å². The zero-order valence-corrected chi connectivity index (χ0v) is 21.1. The fourth-order valence-electron chi connectivity index (χ4n) is 4.72. The van der Waals surface area contributed by atoms with E-state index in [4.69, 9.17) is 18.9 Å². The molecule has 1 aromatic heterocycles. The van der Waals surface area contributed by atoms with Gasteiger partial charge in [0.15, 0.2) is 11.5 Å². The number of amides is 1. The molecule has 3 aromatic rings. The Labute approximate surface area is 218 Å². The molecule has 0 aliphatic carbocycles. The molecule has 4 atom stereocenters. The number of nitrogens with one attached hydrogen (secondary N) is 3. The van der Waals surface area contributed by atoms with Crippen LogP contribution in [-0.2, 0) is 24.3 Å². The lowest BCUT2D eigenvalue weighted by molar-refractivity contribution is -0.114. The van der Waals surface area contributed by atoms with Crippen LogP contribution in [0.2, 0.25) is 0 Å². The molecule has 3 N–H and O–H groups in total. The molecule has 2 saturated heterocycles. The number of nitrogens with zero attached hydrogens (tertiary/aromatic N) is 2. The summed E-state index contributed by atoms with van der Waals surface area (Å²) in [7, 11) is -3.83. The molecule has 2 aromatic carbocycles. The summed E-state index contributed by atoms with van der Waals surface area (Å²) in [5, 5.41) is 5.88. The average molecular weight is 540 g/mol. The molecule has 3 aliphatic rings. The number of ether oxygens (including phenoxy) is 4. The highest BCUT2D eigenvalue weighted by molar-refractivity contribution is 7.89. The Hall–Kier alpha value is -3.78. The van der Waals surface area contributed by atoms with Crippen LogP contribution < -0.4 is 24.8 Å². The standard InChI is InChI=1S/C25H25N5O7S/c1-14(31)27-16-3-5-17(6-4-16)38(32,33)30-20-12-35-23-19(11-34-24(20)23)29-25-26-9-8-18(28-25)15-2-7-21-22(10-15)37-13-36-21/h2-10,19-20,23-24,30H,11-13H2,1H3,(H,27,31)(H,26,28,29)/t19-,20-,23+,24+/m0/s1. The normalized spacial score (nSPS) is 23.7. The summed E-state index contributed by atoms with van der Waals surface area (Å²) in [4.78, 5) is 20.2. The van der Waals surface area contributed by atoms with E-state index in [0.29, 0.717) is 35.4 Å². The van der Waals surface area contributed by atoms with Crippen LogP contribution in [0.1, 0.15) is 6.92 Å². The predicted octanol–water partition coefficient (Wildman–Crippen LogP) is 1.76. The van der Waals surface area contributed by atoms with Gasteiger partial charge in [-0.15, -0.1) is 0 Å². The maximum absolute atomic E-state index is 13.0. The highest BCUT2D eigenvalue weighted by Crippen LogP contribution is 2.36. The highest BCUT2D eigenvalue weighted by Gasteiger charge is 2.49. The number of hydrogen-bond donors (Lipinski definition) is 3. The van der Waals surface area contributed by atoms with Gasteiger partial charge in [0.2, 0.25) is 28.7 Å². The van der Waals surface area contributed by atoms with Gasteiger partial charge in [-0.25, -0.2) is 23.1 Å². The SMILES string of the molecule is CC(=O)Nc1ccc(S(=O)(=O)N[C@H]2CO[C@H]3[C@@H]2OC[C@@H]3Nc2nccc(-c3ccc4c(c3)OCO4)n2)cc1. The van der Waals surface area contributed by atoms with E-state index >= 15 is 0 Å². The number of carbonyl (C=O) groups is 1. The van der Waals surface area contributed by atoms with Crippen LogP contribution in [0.5, 0.6) is 11.5 Å². The molecule has 1 amide bonds. The van der Waals surface area contributed by atoms with Crippen molar-refractivity contribution in [1.82, 2.24) is 14.7 Å². The van der Waals surface area contributed by atoms with Crippen molar-refractivity contribution in [2.24, 2.45) is 0 Å². The summed E-state index contributed by atoms with van der Waals surface area (Å²) in [6.07, 6.45) is 0.798. The molecule has 13 heteroatoms. The Balaban J connectivity index is 1.11. The Bertz CT molecular complexity index is 1470. The van der Waals surface area contributed by atoms with Crippen molar-refractivity contribution >= 4 is 27.6 Å². The van der Waals surface area contributed by atoms with Gasteiger partial charge in [-0.3, -0.25) is 4.79 Å². The molecule has 3 aliphatic heterocycles. The molecule has 198 valence electrons. The van der Waals surface area contributed by atoms with Crippen molar-refractivity contribution in [3.63, 3.8) is 0 Å². The average Bonchev–Trinajstić information content (AvgIpc) is 3.62. The molecule has 0 unspecified atom stereocenters. The van der Waals surface area contributed by atoms with Gasteiger partial charge in [0.05, 0.1) is 35.9 Å². The first-order valence-corrected chi connectivity index (χ1v) is 13.5. The minimum atomic E-state index is -3.83. The van der Waals surface area contributed by atoms with Gasteiger partial charge in [-0.05, 0) is 48.5 Å². The molecule has 2 fully saturated rings. The molecule has 4 heterocycles. The zero-order chi connectivity index (χ0) is 26.3. The first-order valence-electron chi connectivity index (χ1n) is 12.0. The van der Waals surface area contributed by atoms with Gasteiger partial charge in [-0.2, -0.15) is 0 Å². The Morgan fingerprint density at radius 2 is 1.68 bits per heavy atom. The third-order valence-electron chi connectivity index (χ3n) is 6.48. The van der Waals surface area contributed by atoms with E-state index in [-0.39, 0.29) is 36.3 Å². The van der Waals surface area contributed by atoms with Gasteiger partial charge >= 0.3 is 0 Å². The molecular formula is C25H25N5O7S. The Morgan fingerprint density at radius 1 is 0.947 bits per heavy atom. The van der Waals surface area contributed by atoms with Gasteiger partial charge in [0, 0.05) is 24.4 Å². The summed E-state index contributed by atoms with van der Waals surface area (Å²) < 4.78 is 51.3. The summed E-state index contributed by atoms with van der Waals surface area (Å²) in [6.45, 7) is 2.04. The molecule has 6 rings (SSSR count). The number of hydrogen-bond acceptors (Lipinski definition) is 10. The monoisotopic (exact) mass is 539 g/mol. The highest BCUT2D eigenvalue weighted by atomic mass is 32.2. The van der Waals surface area contributed by atoms with E-state index in [0.717, 1.165) is 5.56 Å². The fourth-order valence-corrected chi connectivity index (χ4v) is 5.95. The molecule has 12 nitrogen and oxygen atoms in total. The molecule has 0 saturated carbocycles. The van der Waals surface area contributed by atoms with Crippen LogP contribution in [0.15, 0.2) is 59.6 Å². The third-order valence-corrected chi connectivity index (χ3v) is 7.99. The smallest absolute Gasteiger partial charge is 0.240 e. The maximum atomic E-state index is 13.0. The van der Waals surface area contributed by atoms with Gasteiger partial charge in [-0.1, -0.05) is 0 Å². The van der Waals surface area contributed by atoms with Crippen LogP contribution in [0.3, 0.4) is 0 Å². The largest absolute Gasteiger partial charge is 0.454 e.